The molecule has 0 aliphatic heterocycles. The van der Waals surface area contributed by atoms with E-state index < -0.39 is 0 Å². The Hall–Kier alpha value is -0.630. The van der Waals surface area contributed by atoms with Gasteiger partial charge >= 0.3 is 0 Å². The number of benzene rings is 1. The zero-order valence-electron chi connectivity index (χ0n) is 9.20. The van der Waals surface area contributed by atoms with Gasteiger partial charge in [-0.05, 0) is 37.5 Å². The van der Waals surface area contributed by atoms with Crippen LogP contribution in [-0.4, -0.2) is 10.4 Å². The van der Waals surface area contributed by atoms with E-state index in [9.17, 15) is 5.11 Å². The van der Waals surface area contributed by atoms with Gasteiger partial charge < -0.3 is 5.11 Å². The van der Waals surface area contributed by atoms with E-state index in [0.717, 1.165) is 4.90 Å². The lowest BCUT2D eigenvalue weighted by Gasteiger charge is -2.21. The molecule has 82 valence electrons. The third-order valence-electron chi connectivity index (χ3n) is 2.96. The van der Waals surface area contributed by atoms with Gasteiger partial charge in [0.1, 0.15) is 5.75 Å². The van der Waals surface area contributed by atoms with Crippen molar-refractivity contribution in [2.45, 2.75) is 49.2 Å². The van der Waals surface area contributed by atoms with Crippen molar-refractivity contribution < 1.29 is 5.11 Å². The molecule has 2 heteroatoms. The molecular formula is C13H18OS. The molecule has 0 saturated heterocycles. The lowest BCUT2D eigenvalue weighted by atomic mass is 10.0. The summed E-state index contributed by atoms with van der Waals surface area (Å²) in [4.78, 5) is 1.06. The molecule has 0 spiro atoms. The van der Waals surface area contributed by atoms with Crippen LogP contribution < -0.4 is 0 Å². The first-order valence-electron chi connectivity index (χ1n) is 5.72. The smallest absolute Gasteiger partial charge is 0.129 e. The highest BCUT2D eigenvalue weighted by molar-refractivity contribution is 8.00. The van der Waals surface area contributed by atoms with Crippen molar-refractivity contribution in [3.05, 3.63) is 23.8 Å². The summed E-state index contributed by atoms with van der Waals surface area (Å²) in [5, 5.41) is 10.5. The normalized spacial score (nSPS) is 17.9. The maximum atomic E-state index is 9.74. The summed E-state index contributed by atoms with van der Waals surface area (Å²) < 4.78 is 0. The number of hydrogen-bond acceptors (Lipinski definition) is 2. The van der Waals surface area contributed by atoms with Crippen LogP contribution >= 0.6 is 11.8 Å². The van der Waals surface area contributed by atoms with Crippen LogP contribution in [0.15, 0.2) is 23.1 Å². The fraction of sp³-hybridized carbons (Fsp3) is 0.538. The Morgan fingerprint density at radius 3 is 2.67 bits per heavy atom. The van der Waals surface area contributed by atoms with E-state index in [1.165, 1.54) is 37.7 Å². The number of rotatable bonds is 2. The Bertz CT molecular complexity index is 329. The fourth-order valence-electron chi connectivity index (χ4n) is 2.08. The quantitative estimate of drug-likeness (QED) is 0.812. The monoisotopic (exact) mass is 222 g/mol. The van der Waals surface area contributed by atoms with E-state index in [2.05, 4.69) is 13.0 Å². The van der Waals surface area contributed by atoms with Gasteiger partial charge in [-0.2, -0.15) is 0 Å². The topological polar surface area (TPSA) is 20.2 Å². The van der Waals surface area contributed by atoms with Crippen molar-refractivity contribution in [3.63, 3.8) is 0 Å². The Morgan fingerprint density at radius 2 is 1.93 bits per heavy atom. The molecular weight excluding hydrogens is 204 g/mol. The Balaban J connectivity index is 2.05. The van der Waals surface area contributed by atoms with Crippen LogP contribution in [0.25, 0.3) is 0 Å². The van der Waals surface area contributed by atoms with Gasteiger partial charge in [-0.3, -0.25) is 0 Å². The molecule has 0 atom stereocenters. The van der Waals surface area contributed by atoms with Crippen LogP contribution in [0.2, 0.25) is 0 Å². The predicted octanol–water partition coefficient (Wildman–Crippen LogP) is 4.13. The highest BCUT2D eigenvalue weighted by Crippen LogP contribution is 2.37. The summed E-state index contributed by atoms with van der Waals surface area (Å²) in [6.07, 6.45) is 6.70. The molecule has 0 bridgehead atoms. The highest BCUT2D eigenvalue weighted by atomic mass is 32.2. The number of hydrogen-bond donors (Lipinski definition) is 1. The Morgan fingerprint density at radius 1 is 1.20 bits per heavy atom. The number of thioether (sulfide) groups is 1. The van der Waals surface area contributed by atoms with Gasteiger partial charge in [-0.15, -0.1) is 11.8 Å². The summed E-state index contributed by atoms with van der Waals surface area (Å²) in [6, 6.07) is 5.86. The predicted molar refractivity (Wildman–Crippen MR) is 65.6 cm³/mol. The molecule has 2 rings (SSSR count). The van der Waals surface area contributed by atoms with Gasteiger partial charge in [0, 0.05) is 10.1 Å². The van der Waals surface area contributed by atoms with Crippen molar-refractivity contribution in [2.24, 2.45) is 0 Å². The first kappa shape index (κ1) is 10.9. The van der Waals surface area contributed by atoms with Gasteiger partial charge in [-0.25, -0.2) is 0 Å². The van der Waals surface area contributed by atoms with Crippen molar-refractivity contribution in [2.75, 3.05) is 0 Å². The van der Waals surface area contributed by atoms with E-state index in [1.54, 1.807) is 6.07 Å². The van der Waals surface area contributed by atoms with Crippen LogP contribution in [0.5, 0.6) is 5.75 Å². The lowest BCUT2D eigenvalue weighted by Crippen LogP contribution is -2.07. The molecule has 0 radical (unpaired) electrons. The minimum absolute atomic E-state index is 0.441. The number of aryl methyl sites for hydroxylation is 1. The summed E-state index contributed by atoms with van der Waals surface area (Å²) in [7, 11) is 0. The standard InChI is InChI=1S/C13H18OS/c1-10-7-8-12(14)13(9-10)15-11-5-3-2-4-6-11/h7-9,11,14H,2-6H2,1H3. The molecule has 1 aliphatic rings. The summed E-state index contributed by atoms with van der Waals surface area (Å²) in [5.41, 5.74) is 1.23. The molecule has 1 N–H and O–H groups in total. The zero-order chi connectivity index (χ0) is 10.7. The molecule has 0 heterocycles. The summed E-state index contributed by atoms with van der Waals surface area (Å²) in [6.45, 7) is 2.07. The molecule has 0 amide bonds. The molecule has 1 fully saturated rings. The molecule has 1 aliphatic carbocycles. The first-order valence-corrected chi connectivity index (χ1v) is 6.60. The minimum Gasteiger partial charge on any atom is -0.507 e. The number of phenolic OH excluding ortho intramolecular Hbond substituents is 1. The molecule has 1 aromatic rings. The van der Waals surface area contributed by atoms with E-state index in [0.29, 0.717) is 11.0 Å². The van der Waals surface area contributed by atoms with E-state index in [-0.39, 0.29) is 0 Å². The van der Waals surface area contributed by atoms with Crippen molar-refractivity contribution in [1.29, 1.82) is 0 Å². The van der Waals surface area contributed by atoms with Gasteiger partial charge in [-0.1, -0.05) is 25.3 Å². The second kappa shape index (κ2) is 4.93. The van der Waals surface area contributed by atoms with Crippen molar-refractivity contribution >= 4 is 11.8 Å². The van der Waals surface area contributed by atoms with Crippen LogP contribution in [-0.2, 0) is 0 Å². The highest BCUT2D eigenvalue weighted by Gasteiger charge is 2.16. The number of aromatic hydroxyl groups is 1. The third kappa shape index (κ3) is 2.91. The molecule has 0 aromatic heterocycles. The average molecular weight is 222 g/mol. The zero-order valence-corrected chi connectivity index (χ0v) is 10.0. The van der Waals surface area contributed by atoms with Gasteiger partial charge in [0.15, 0.2) is 0 Å². The van der Waals surface area contributed by atoms with Crippen LogP contribution in [0, 0.1) is 6.92 Å². The van der Waals surface area contributed by atoms with Crippen molar-refractivity contribution in [1.82, 2.24) is 0 Å². The third-order valence-corrected chi connectivity index (χ3v) is 4.35. The van der Waals surface area contributed by atoms with E-state index >= 15 is 0 Å². The largest absolute Gasteiger partial charge is 0.507 e. The average Bonchev–Trinajstić information content (AvgIpc) is 2.25. The van der Waals surface area contributed by atoms with Crippen LogP contribution in [0.4, 0.5) is 0 Å². The molecule has 15 heavy (non-hydrogen) atoms. The molecule has 1 aromatic carbocycles. The van der Waals surface area contributed by atoms with Crippen LogP contribution in [0.1, 0.15) is 37.7 Å². The molecule has 1 saturated carbocycles. The minimum atomic E-state index is 0.441. The fourth-order valence-corrected chi connectivity index (χ4v) is 3.45. The van der Waals surface area contributed by atoms with Gasteiger partial charge in [0.05, 0.1) is 0 Å². The second-order valence-corrected chi connectivity index (χ2v) is 5.69. The SMILES string of the molecule is Cc1ccc(O)c(SC2CCCCC2)c1. The maximum absolute atomic E-state index is 9.74. The first-order chi connectivity index (χ1) is 7.25. The maximum Gasteiger partial charge on any atom is 0.129 e. The Labute approximate surface area is 95.9 Å². The number of phenols is 1. The van der Waals surface area contributed by atoms with Gasteiger partial charge in [0.25, 0.3) is 0 Å². The Kier molecular flexibility index (Phi) is 3.57. The summed E-state index contributed by atoms with van der Waals surface area (Å²) >= 11 is 1.86. The van der Waals surface area contributed by atoms with Gasteiger partial charge in [0.2, 0.25) is 0 Å². The summed E-state index contributed by atoms with van der Waals surface area (Å²) in [5.74, 6) is 0.441. The lowest BCUT2D eigenvalue weighted by molar-refractivity contribution is 0.461. The van der Waals surface area contributed by atoms with Crippen LogP contribution in [0.3, 0.4) is 0 Å². The van der Waals surface area contributed by atoms with Crippen molar-refractivity contribution in [3.8, 4) is 5.75 Å². The molecule has 1 nitrogen and oxygen atoms in total. The second-order valence-electron chi connectivity index (χ2n) is 4.35. The van der Waals surface area contributed by atoms with E-state index in [4.69, 9.17) is 0 Å². The molecule has 0 unspecified atom stereocenters. The van der Waals surface area contributed by atoms with E-state index in [1.807, 2.05) is 17.8 Å².